The first-order valence-electron chi connectivity index (χ1n) is 10.4. The van der Waals surface area contributed by atoms with Crippen molar-refractivity contribution in [3.05, 3.63) is 87.0 Å². The fraction of sp³-hybridized carbons (Fsp3) is 0.160. The highest BCUT2D eigenvalue weighted by Crippen LogP contribution is 2.31. The van der Waals surface area contributed by atoms with Gasteiger partial charge in [-0.05, 0) is 92.7 Å². The van der Waals surface area contributed by atoms with E-state index >= 15 is 0 Å². The number of nitrogens with one attached hydrogen (secondary N) is 1. The van der Waals surface area contributed by atoms with Gasteiger partial charge >= 0.3 is 5.97 Å². The van der Waals surface area contributed by atoms with Crippen LogP contribution < -0.4 is 5.32 Å². The highest BCUT2D eigenvalue weighted by atomic mass is 35.5. The number of hydrogen-bond acceptors (Lipinski definition) is 5. The van der Waals surface area contributed by atoms with Crippen LogP contribution >= 0.6 is 23.4 Å². The molecule has 0 spiro atoms. The highest BCUT2D eigenvalue weighted by Gasteiger charge is 2.24. The maximum Gasteiger partial charge on any atom is 0.338 e. The van der Waals surface area contributed by atoms with Gasteiger partial charge in [-0.3, -0.25) is 4.79 Å². The van der Waals surface area contributed by atoms with Gasteiger partial charge in [-0.15, -0.1) is 0 Å². The average molecular weight is 480 g/mol. The second-order valence-electron chi connectivity index (χ2n) is 7.39. The number of thioether (sulfide) groups is 1. The first kappa shape index (κ1) is 22.9. The van der Waals surface area contributed by atoms with Gasteiger partial charge in [0, 0.05) is 22.1 Å². The number of aromatic nitrogens is 1. The molecule has 0 bridgehead atoms. The van der Waals surface area contributed by atoms with Gasteiger partial charge in [-0.1, -0.05) is 17.7 Å². The van der Waals surface area contributed by atoms with Gasteiger partial charge < -0.3 is 14.6 Å². The summed E-state index contributed by atoms with van der Waals surface area (Å²) in [5.74, 6) is -0.528. The molecule has 0 radical (unpaired) electrons. The van der Waals surface area contributed by atoms with E-state index in [4.69, 9.17) is 16.3 Å². The molecule has 0 atom stereocenters. The smallest absolute Gasteiger partial charge is 0.338 e. The Kier molecular flexibility index (Phi) is 6.72. The number of halogens is 1. The molecule has 1 aliphatic heterocycles. The Bertz CT molecular complexity index is 1290. The van der Waals surface area contributed by atoms with Crippen LogP contribution in [0.5, 0.6) is 0 Å². The van der Waals surface area contributed by atoms with Crippen molar-refractivity contribution in [3.63, 3.8) is 0 Å². The topological polar surface area (TPSA) is 72.7 Å². The van der Waals surface area contributed by atoms with Gasteiger partial charge in [-0.2, -0.15) is 0 Å². The van der Waals surface area contributed by atoms with Crippen molar-refractivity contribution < 1.29 is 14.3 Å². The minimum absolute atomic E-state index is 0.190. The maximum atomic E-state index is 12.5. The highest BCUT2D eigenvalue weighted by molar-refractivity contribution is 8.18. The molecule has 3 aromatic rings. The first-order chi connectivity index (χ1) is 15.9. The zero-order valence-electron chi connectivity index (χ0n) is 18.4. The van der Waals surface area contributed by atoms with E-state index in [2.05, 4.69) is 14.9 Å². The fourth-order valence-corrected chi connectivity index (χ4v) is 4.59. The summed E-state index contributed by atoms with van der Waals surface area (Å²) in [5.41, 5.74) is 5.04. The lowest BCUT2D eigenvalue weighted by Gasteiger charge is -2.10. The number of nitrogens with zero attached hydrogens (tertiary/aromatic N) is 2. The number of amidine groups is 1. The summed E-state index contributed by atoms with van der Waals surface area (Å²) in [4.78, 5) is 29.5. The number of ether oxygens (including phenoxy) is 1. The lowest BCUT2D eigenvalue weighted by Crippen LogP contribution is -2.19. The Morgan fingerprint density at radius 2 is 1.94 bits per heavy atom. The zero-order chi connectivity index (χ0) is 23.5. The average Bonchev–Trinajstić information content (AvgIpc) is 3.26. The molecule has 1 amide bonds. The number of aliphatic imine (C=N–C) groups is 1. The molecule has 33 heavy (non-hydrogen) atoms. The summed E-state index contributed by atoms with van der Waals surface area (Å²) in [5, 5.41) is 3.90. The minimum Gasteiger partial charge on any atom is -0.462 e. The van der Waals surface area contributed by atoms with Gasteiger partial charge in [0.15, 0.2) is 5.17 Å². The van der Waals surface area contributed by atoms with E-state index in [0.717, 1.165) is 22.6 Å². The monoisotopic (exact) mass is 479 g/mol. The number of aryl methyl sites for hydroxylation is 1. The minimum atomic E-state index is -0.338. The van der Waals surface area contributed by atoms with Gasteiger partial charge in [-0.25, -0.2) is 9.79 Å². The summed E-state index contributed by atoms with van der Waals surface area (Å²) in [7, 11) is 0. The normalized spacial score (nSPS) is 15.8. The molecular weight excluding hydrogens is 458 g/mol. The maximum absolute atomic E-state index is 12.5. The molecule has 1 N–H and O–H groups in total. The van der Waals surface area contributed by atoms with Crippen molar-refractivity contribution in [1.82, 2.24) is 9.88 Å². The standard InChI is InChI=1S/C25H22ClN3O3S/c1-4-32-24(31)17-8-10-21(11-9-17)29-15(2)12-18(16(29)3)13-22-23(30)28-25(33-22)27-20-7-5-6-19(26)14-20/h5-14H,4H2,1-3H3,(H,27,28,30)/b22-13+. The summed E-state index contributed by atoms with van der Waals surface area (Å²) in [6.45, 7) is 6.12. The Balaban J connectivity index is 1.59. The van der Waals surface area contributed by atoms with Crippen LogP contribution in [0.2, 0.25) is 5.02 Å². The van der Waals surface area contributed by atoms with Gasteiger partial charge in [0.05, 0.1) is 22.8 Å². The van der Waals surface area contributed by atoms with Crippen LogP contribution in [0.4, 0.5) is 5.69 Å². The number of hydrogen-bond donors (Lipinski definition) is 1. The Hall–Kier alpha value is -3.29. The molecule has 168 valence electrons. The largest absolute Gasteiger partial charge is 0.462 e. The van der Waals surface area contributed by atoms with Crippen molar-refractivity contribution in [1.29, 1.82) is 0 Å². The van der Waals surface area contributed by atoms with Crippen molar-refractivity contribution in [2.45, 2.75) is 20.8 Å². The van der Waals surface area contributed by atoms with Crippen LogP contribution in [0.3, 0.4) is 0 Å². The summed E-state index contributed by atoms with van der Waals surface area (Å²) in [6.07, 6.45) is 1.87. The zero-order valence-corrected chi connectivity index (χ0v) is 20.0. The SMILES string of the molecule is CCOC(=O)c1ccc(-n2c(C)cc(/C=C3/SC(=Nc4cccc(Cl)c4)NC3=O)c2C)cc1. The number of carbonyl (C=O) groups is 2. The molecule has 8 heteroatoms. The van der Waals surface area contributed by atoms with E-state index < -0.39 is 0 Å². The van der Waals surface area contributed by atoms with Gasteiger partial charge in [0.2, 0.25) is 0 Å². The summed E-state index contributed by atoms with van der Waals surface area (Å²) >= 11 is 7.31. The van der Waals surface area contributed by atoms with Gasteiger partial charge in [0.25, 0.3) is 5.91 Å². The van der Waals surface area contributed by atoms with Crippen LogP contribution in [-0.2, 0) is 9.53 Å². The lowest BCUT2D eigenvalue weighted by molar-refractivity contribution is -0.115. The first-order valence-corrected chi connectivity index (χ1v) is 11.6. The lowest BCUT2D eigenvalue weighted by atomic mass is 10.2. The van der Waals surface area contributed by atoms with Crippen LogP contribution in [0.1, 0.15) is 34.2 Å². The Morgan fingerprint density at radius 3 is 2.64 bits per heavy atom. The second-order valence-corrected chi connectivity index (χ2v) is 8.86. The fourth-order valence-electron chi connectivity index (χ4n) is 3.58. The van der Waals surface area contributed by atoms with E-state index in [1.165, 1.54) is 11.8 Å². The molecule has 2 aromatic carbocycles. The molecule has 1 aromatic heterocycles. The number of carbonyl (C=O) groups excluding carboxylic acids is 2. The number of rotatable bonds is 5. The third-order valence-electron chi connectivity index (χ3n) is 5.08. The third kappa shape index (κ3) is 5.05. The van der Waals surface area contributed by atoms with E-state index in [9.17, 15) is 9.59 Å². The van der Waals surface area contributed by atoms with Crippen molar-refractivity contribution in [2.24, 2.45) is 4.99 Å². The van der Waals surface area contributed by atoms with Gasteiger partial charge in [0.1, 0.15) is 0 Å². The number of benzene rings is 2. The Labute approximate surface area is 201 Å². The molecule has 2 heterocycles. The number of esters is 1. The molecule has 6 nitrogen and oxygen atoms in total. The van der Waals surface area contributed by atoms with Crippen molar-refractivity contribution >= 4 is 52.2 Å². The van der Waals surface area contributed by atoms with E-state index in [1.807, 2.05) is 50.3 Å². The molecular formula is C25H22ClN3O3S. The summed E-state index contributed by atoms with van der Waals surface area (Å²) < 4.78 is 7.13. The van der Waals surface area contributed by atoms with E-state index in [-0.39, 0.29) is 11.9 Å². The summed E-state index contributed by atoms with van der Waals surface area (Å²) in [6, 6.07) is 16.5. The quantitative estimate of drug-likeness (QED) is 0.370. The van der Waals surface area contributed by atoms with Crippen LogP contribution in [0, 0.1) is 13.8 Å². The molecule has 0 unspecified atom stereocenters. The molecule has 0 aliphatic carbocycles. The van der Waals surface area contributed by atoms with Crippen LogP contribution in [0.15, 0.2) is 64.5 Å². The van der Waals surface area contributed by atoms with Crippen LogP contribution in [0.25, 0.3) is 11.8 Å². The van der Waals surface area contributed by atoms with E-state index in [1.54, 1.807) is 31.2 Å². The Morgan fingerprint density at radius 1 is 1.18 bits per heavy atom. The molecule has 1 saturated heterocycles. The van der Waals surface area contributed by atoms with Crippen molar-refractivity contribution in [3.8, 4) is 5.69 Å². The predicted octanol–water partition coefficient (Wildman–Crippen LogP) is 5.82. The second kappa shape index (κ2) is 9.68. The predicted molar refractivity (Wildman–Crippen MR) is 133 cm³/mol. The molecule has 1 aliphatic rings. The van der Waals surface area contributed by atoms with E-state index in [0.29, 0.717) is 33.0 Å². The number of amides is 1. The molecule has 4 rings (SSSR count). The molecule has 0 saturated carbocycles. The third-order valence-corrected chi connectivity index (χ3v) is 6.23. The van der Waals surface area contributed by atoms with Crippen LogP contribution in [-0.4, -0.2) is 28.2 Å². The van der Waals surface area contributed by atoms with Crippen molar-refractivity contribution in [2.75, 3.05) is 6.61 Å². The molecule has 1 fully saturated rings.